The van der Waals surface area contributed by atoms with Gasteiger partial charge in [0.2, 0.25) is 5.95 Å². The molecule has 0 aliphatic carbocycles. The maximum Gasteiger partial charge on any atom is 0.253 e. The minimum Gasteiger partial charge on any atom is -0.375 e. The fourth-order valence-electron chi connectivity index (χ4n) is 3.03. The van der Waals surface area contributed by atoms with Crippen LogP contribution in [0, 0.1) is 0 Å². The number of rotatable bonds is 6. The quantitative estimate of drug-likeness (QED) is 0.409. The summed E-state index contributed by atoms with van der Waals surface area (Å²) in [7, 11) is 0. The van der Waals surface area contributed by atoms with Crippen molar-refractivity contribution >= 4 is 28.8 Å². The van der Waals surface area contributed by atoms with Crippen LogP contribution < -0.4 is 26.8 Å². The summed E-state index contributed by atoms with van der Waals surface area (Å²) in [6.07, 6.45) is 5.12. The SMILES string of the molecule is CC(C)(C)Nc1c(Nc2ccnc(Nc3ccc(-c4cccnc4)cc3)n2)c(=O)c1=O. The molecule has 0 bridgehead atoms. The van der Waals surface area contributed by atoms with Gasteiger partial charge in [0, 0.05) is 29.8 Å². The Morgan fingerprint density at radius 3 is 2.23 bits per heavy atom. The summed E-state index contributed by atoms with van der Waals surface area (Å²) in [6, 6.07) is 13.3. The van der Waals surface area contributed by atoms with Gasteiger partial charge < -0.3 is 16.0 Å². The highest BCUT2D eigenvalue weighted by atomic mass is 16.2. The van der Waals surface area contributed by atoms with E-state index in [1.54, 1.807) is 18.5 Å². The Morgan fingerprint density at radius 2 is 1.55 bits per heavy atom. The lowest BCUT2D eigenvalue weighted by Gasteiger charge is -2.24. The number of nitrogens with one attached hydrogen (secondary N) is 3. The van der Waals surface area contributed by atoms with Crippen molar-refractivity contribution in [1.29, 1.82) is 0 Å². The van der Waals surface area contributed by atoms with Crippen LogP contribution in [0.5, 0.6) is 0 Å². The third-order valence-corrected chi connectivity index (χ3v) is 4.45. The second-order valence-corrected chi connectivity index (χ2v) is 8.12. The van der Waals surface area contributed by atoms with Crippen molar-refractivity contribution in [3.8, 4) is 11.1 Å². The van der Waals surface area contributed by atoms with E-state index in [0.29, 0.717) is 11.8 Å². The van der Waals surface area contributed by atoms with Crippen molar-refractivity contribution in [3.05, 3.63) is 81.5 Å². The fourth-order valence-corrected chi connectivity index (χ4v) is 3.03. The molecule has 2 aromatic carbocycles. The van der Waals surface area contributed by atoms with Crippen LogP contribution in [0.1, 0.15) is 20.8 Å². The van der Waals surface area contributed by atoms with E-state index in [9.17, 15) is 9.59 Å². The van der Waals surface area contributed by atoms with E-state index in [-0.39, 0.29) is 16.9 Å². The lowest BCUT2D eigenvalue weighted by molar-refractivity contribution is 0.632. The zero-order valence-corrected chi connectivity index (χ0v) is 17.4. The number of nitrogens with zero attached hydrogens (tertiary/aromatic N) is 3. The normalized spacial score (nSPS) is 11.3. The van der Waals surface area contributed by atoms with Gasteiger partial charge in [0.1, 0.15) is 17.2 Å². The first-order chi connectivity index (χ1) is 14.8. The van der Waals surface area contributed by atoms with Crippen LogP contribution in [-0.4, -0.2) is 20.5 Å². The molecule has 8 nitrogen and oxygen atoms in total. The Labute approximate surface area is 179 Å². The molecule has 0 unspecified atom stereocenters. The number of anilines is 5. The number of pyridine rings is 1. The van der Waals surface area contributed by atoms with Crippen LogP contribution in [0.25, 0.3) is 11.1 Å². The summed E-state index contributed by atoms with van der Waals surface area (Å²) < 4.78 is 0. The Balaban J connectivity index is 1.49. The zero-order chi connectivity index (χ0) is 22.0. The Bertz CT molecular complexity index is 1270. The van der Waals surface area contributed by atoms with Crippen LogP contribution in [-0.2, 0) is 0 Å². The molecule has 2 aromatic heterocycles. The Morgan fingerprint density at radius 1 is 0.806 bits per heavy atom. The van der Waals surface area contributed by atoms with Crippen LogP contribution in [0.3, 0.4) is 0 Å². The first kappa shape index (κ1) is 20.2. The lowest BCUT2D eigenvalue weighted by Crippen LogP contribution is -2.41. The summed E-state index contributed by atoms with van der Waals surface area (Å²) in [5.74, 6) is 0.775. The molecule has 4 aromatic rings. The van der Waals surface area contributed by atoms with Crippen molar-refractivity contribution in [1.82, 2.24) is 15.0 Å². The number of aromatic nitrogens is 3. The Kier molecular flexibility index (Phi) is 5.21. The molecule has 4 rings (SSSR count). The number of hydrogen-bond donors (Lipinski definition) is 3. The molecule has 0 saturated carbocycles. The molecule has 0 aliphatic rings. The second kappa shape index (κ2) is 7.98. The van der Waals surface area contributed by atoms with E-state index >= 15 is 0 Å². The highest BCUT2D eigenvalue weighted by Gasteiger charge is 2.25. The van der Waals surface area contributed by atoms with Gasteiger partial charge >= 0.3 is 0 Å². The minimum absolute atomic E-state index is 0.213. The van der Waals surface area contributed by atoms with E-state index in [4.69, 9.17) is 0 Å². The summed E-state index contributed by atoms with van der Waals surface area (Å²) in [5, 5.41) is 9.14. The molecule has 8 heteroatoms. The average Bonchev–Trinajstić information content (AvgIpc) is 2.76. The molecular formula is C23H22N6O2. The Hall–Kier alpha value is -4.07. The van der Waals surface area contributed by atoms with Gasteiger partial charge in [-0.3, -0.25) is 14.6 Å². The predicted molar refractivity (Wildman–Crippen MR) is 123 cm³/mol. The van der Waals surface area contributed by atoms with Crippen molar-refractivity contribution in [3.63, 3.8) is 0 Å². The summed E-state index contributed by atoms with van der Waals surface area (Å²) in [6.45, 7) is 5.75. The lowest BCUT2D eigenvalue weighted by atomic mass is 10.1. The summed E-state index contributed by atoms with van der Waals surface area (Å²) >= 11 is 0. The van der Waals surface area contributed by atoms with Crippen molar-refractivity contribution < 1.29 is 0 Å². The number of benzene rings is 1. The van der Waals surface area contributed by atoms with E-state index in [1.807, 2.05) is 63.4 Å². The molecule has 156 valence electrons. The molecule has 0 radical (unpaired) electrons. The molecule has 0 atom stereocenters. The van der Waals surface area contributed by atoms with E-state index in [1.165, 1.54) is 0 Å². The van der Waals surface area contributed by atoms with Gasteiger partial charge in [-0.05, 0) is 56.2 Å². The molecule has 31 heavy (non-hydrogen) atoms. The molecule has 2 heterocycles. The third-order valence-electron chi connectivity index (χ3n) is 4.45. The molecule has 0 fully saturated rings. The van der Waals surface area contributed by atoms with Gasteiger partial charge in [0.15, 0.2) is 0 Å². The summed E-state index contributed by atoms with van der Waals surface area (Å²) in [5.41, 5.74) is 1.94. The van der Waals surface area contributed by atoms with Crippen LogP contribution in [0.15, 0.2) is 70.6 Å². The monoisotopic (exact) mass is 414 g/mol. The van der Waals surface area contributed by atoms with Gasteiger partial charge in [0.25, 0.3) is 10.9 Å². The highest BCUT2D eigenvalue weighted by Crippen LogP contribution is 2.24. The van der Waals surface area contributed by atoms with Crippen LogP contribution in [0.4, 0.5) is 28.8 Å². The number of hydrogen-bond acceptors (Lipinski definition) is 8. The third kappa shape index (κ3) is 4.58. The first-order valence-electron chi connectivity index (χ1n) is 9.79. The second-order valence-electron chi connectivity index (χ2n) is 8.12. The molecule has 0 amide bonds. The zero-order valence-electron chi connectivity index (χ0n) is 17.4. The molecule has 0 aliphatic heterocycles. The maximum absolute atomic E-state index is 12.0. The largest absolute Gasteiger partial charge is 0.375 e. The van der Waals surface area contributed by atoms with Gasteiger partial charge in [-0.1, -0.05) is 18.2 Å². The van der Waals surface area contributed by atoms with Crippen molar-refractivity contribution in [2.24, 2.45) is 0 Å². The fraction of sp³-hybridized carbons (Fsp3) is 0.174. The van der Waals surface area contributed by atoms with Crippen molar-refractivity contribution in [2.75, 3.05) is 16.0 Å². The molecule has 0 spiro atoms. The first-order valence-corrected chi connectivity index (χ1v) is 9.79. The average molecular weight is 414 g/mol. The van der Waals surface area contributed by atoms with Crippen molar-refractivity contribution in [2.45, 2.75) is 26.3 Å². The maximum atomic E-state index is 12.0. The van der Waals surface area contributed by atoms with Crippen LogP contribution >= 0.6 is 0 Å². The van der Waals surface area contributed by atoms with E-state index in [2.05, 4.69) is 30.9 Å². The van der Waals surface area contributed by atoms with Gasteiger partial charge in [0.05, 0.1) is 0 Å². The smallest absolute Gasteiger partial charge is 0.253 e. The minimum atomic E-state index is -0.564. The standard InChI is InChI=1S/C23H22N6O2/c1-23(2,3)29-19-18(20(30)21(19)31)27-17-10-12-25-22(28-17)26-16-8-6-14(7-9-16)15-5-4-11-24-13-15/h4-13,29H,1-3H3,(H2,25,26,27,28). The van der Waals surface area contributed by atoms with E-state index in [0.717, 1.165) is 16.8 Å². The topological polar surface area (TPSA) is 109 Å². The molecule has 0 saturated heterocycles. The van der Waals surface area contributed by atoms with Gasteiger partial charge in [-0.25, -0.2) is 4.98 Å². The predicted octanol–water partition coefficient (Wildman–Crippen LogP) is 3.83. The van der Waals surface area contributed by atoms with Gasteiger partial charge in [-0.2, -0.15) is 4.98 Å². The van der Waals surface area contributed by atoms with E-state index < -0.39 is 10.9 Å². The molecular weight excluding hydrogens is 392 g/mol. The summed E-state index contributed by atoms with van der Waals surface area (Å²) in [4.78, 5) is 36.7. The van der Waals surface area contributed by atoms with Crippen LogP contribution in [0.2, 0.25) is 0 Å². The molecule has 3 N–H and O–H groups in total. The highest BCUT2D eigenvalue weighted by molar-refractivity contribution is 5.78. The van der Waals surface area contributed by atoms with Gasteiger partial charge in [-0.15, -0.1) is 0 Å².